The number of benzene rings is 1. The maximum absolute atomic E-state index is 11.0. The number of hydrogen-bond acceptors (Lipinski definition) is 3. The number of halogens is 1. The molecule has 0 spiro atoms. The Kier molecular flexibility index (Phi) is 4.32. The second kappa shape index (κ2) is 5.32. The minimum Gasteiger partial charge on any atom is -0.507 e. The number of hydrogen-bond donors (Lipinski definition) is 3. The van der Waals surface area contributed by atoms with E-state index in [4.69, 9.17) is 10.8 Å². The second-order valence-electron chi connectivity index (χ2n) is 3.48. The van der Waals surface area contributed by atoms with Crippen molar-refractivity contribution in [2.24, 2.45) is 5.73 Å². The van der Waals surface area contributed by atoms with E-state index in [0.29, 0.717) is 17.5 Å². The van der Waals surface area contributed by atoms with E-state index in [0.717, 1.165) is 4.47 Å². The molecule has 1 unspecified atom stereocenters. The molecule has 4 N–H and O–H groups in total. The smallest absolute Gasteiger partial charge is 0.312 e. The predicted octanol–water partition coefficient (Wildman–Crippen LogP) is 1.84. The molecule has 1 aromatic rings. The van der Waals surface area contributed by atoms with Crippen LogP contribution in [0, 0.1) is 0 Å². The lowest BCUT2D eigenvalue weighted by Crippen LogP contribution is -2.21. The van der Waals surface area contributed by atoms with E-state index in [2.05, 4.69) is 15.9 Å². The zero-order valence-electron chi connectivity index (χ0n) is 8.90. The van der Waals surface area contributed by atoms with Crippen molar-refractivity contribution in [3.63, 3.8) is 0 Å². The van der Waals surface area contributed by atoms with Crippen molar-refractivity contribution in [1.82, 2.24) is 0 Å². The SMILES string of the molecule is CCc1cc(Br)cc(C(CN)C(=O)O)c1O. The van der Waals surface area contributed by atoms with Gasteiger partial charge in [0, 0.05) is 16.6 Å². The first kappa shape index (κ1) is 13.0. The summed E-state index contributed by atoms with van der Waals surface area (Å²) in [6.07, 6.45) is 0.634. The molecular weight excluding hydrogens is 274 g/mol. The molecule has 0 saturated heterocycles. The normalized spacial score (nSPS) is 12.4. The van der Waals surface area contributed by atoms with Crippen molar-refractivity contribution in [3.05, 3.63) is 27.7 Å². The van der Waals surface area contributed by atoms with Gasteiger partial charge >= 0.3 is 5.97 Å². The predicted molar refractivity (Wildman–Crippen MR) is 64.6 cm³/mol. The van der Waals surface area contributed by atoms with Crippen LogP contribution in [0.3, 0.4) is 0 Å². The Balaban J connectivity index is 3.31. The highest BCUT2D eigenvalue weighted by molar-refractivity contribution is 9.10. The second-order valence-corrected chi connectivity index (χ2v) is 4.40. The number of phenols is 1. The molecule has 0 fully saturated rings. The molecule has 0 amide bonds. The number of rotatable bonds is 4. The Morgan fingerprint density at radius 1 is 1.56 bits per heavy atom. The molecule has 1 atom stereocenters. The van der Waals surface area contributed by atoms with E-state index in [1.54, 1.807) is 12.1 Å². The van der Waals surface area contributed by atoms with Crippen LogP contribution in [0.4, 0.5) is 0 Å². The molecule has 0 radical (unpaired) electrons. The van der Waals surface area contributed by atoms with Gasteiger partial charge in [0.15, 0.2) is 0 Å². The van der Waals surface area contributed by atoms with Crippen molar-refractivity contribution in [3.8, 4) is 5.75 Å². The summed E-state index contributed by atoms with van der Waals surface area (Å²) in [5, 5.41) is 18.9. The zero-order valence-corrected chi connectivity index (χ0v) is 10.5. The van der Waals surface area contributed by atoms with Gasteiger partial charge in [0.1, 0.15) is 5.75 Å². The number of carboxylic acids is 1. The van der Waals surface area contributed by atoms with Crippen LogP contribution >= 0.6 is 15.9 Å². The van der Waals surface area contributed by atoms with Gasteiger partial charge in [-0.2, -0.15) is 0 Å². The number of aliphatic carboxylic acids is 1. The molecule has 4 nitrogen and oxygen atoms in total. The Hall–Kier alpha value is -1.07. The number of carboxylic acid groups (broad SMARTS) is 1. The quantitative estimate of drug-likeness (QED) is 0.789. The third-order valence-corrected chi connectivity index (χ3v) is 2.93. The fourth-order valence-corrected chi connectivity index (χ4v) is 2.10. The van der Waals surface area contributed by atoms with Gasteiger partial charge in [0.25, 0.3) is 0 Å². The summed E-state index contributed by atoms with van der Waals surface area (Å²) in [5.74, 6) is -1.87. The highest BCUT2D eigenvalue weighted by atomic mass is 79.9. The van der Waals surface area contributed by atoms with E-state index in [1.165, 1.54) is 0 Å². The van der Waals surface area contributed by atoms with Gasteiger partial charge < -0.3 is 15.9 Å². The van der Waals surface area contributed by atoms with E-state index >= 15 is 0 Å². The van der Waals surface area contributed by atoms with Gasteiger partial charge in [-0.05, 0) is 24.1 Å². The molecule has 0 bridgehead atoms. The third kappa shape index (κ3) is 2.54. The molecule has 5 heteroatoms. The maximum atomic E-state index is 11.0. The van der Waals surface area contributed by atoms with Crippen LogP contribution in [0.5, 0.6) is 5.75 Å². The number of aryl methyl sites for hydroxylation is 1. The molecule has 16 heavy (non-hydrogen) atoms. The van der Waals surface area contributed by atoms with Crippen LogP contribution in [0.15, 0.2) is 16.6 Å². The topological polar surface area (TPSA) is 83.6 Å². The average molecular weight is 288 g/mol. The summed E-state index contributed by atoms with van der Waals surface area (Å²) in [4.78, 5) is 11.0. The van der Waals surface area contributed by atoms with E-state index in [1.807, 2.05) is 6.92 Å². The number of nitrogens with two attached hydrogens (primary N) is 1. The molecule has 0 aromatic heterocycles. The van der Waals surface area contributed by atoms with Crippen LogP contribution in [-0.2, 0) is 11.2 Å². The van der Waals surface area contributed by atoms with Crippen molar-refractivity contribution in [2.45, 2.75) is 19.3 Å². The van der Waals surface area contributed by atoms with Crippen molar-refractivity contribution < 1.29 is 15.0 Å². The number of aromatic hydroxyl groups is 1. The van der Waals surface area contributed by atoms with E-state index in [9.17, 15) is 9.90 Å². The van der Waals surface area contributed by atoms with Crippen LogP contribution in [-0.4, -0.2) is 22.7 Å². The molecule has 0 aliphatic rings. The summed E-state index contributed by atoms with van der Waals surface area (Å²) in [5.41, 5.74) is 6.48. The van der Waals surface area contributed by atoms with Crippen LogP contribution in [0.1, 0.15) is 24.0 Å². The Morgan fingerprint density at radius 2 is 2.19 bits per heavy atom. The van der Waals surface area contributed by atoms with Crippen molar-refractivity contribution >= 4 is 21.9 Å². The highest BCUT2D eigenvalue weighted by Crippen LogP contribution is 2.32. The molecule has 88 valence electrons. The minimum absolute atomic E-state index is 0.0311. The zero-order chi connectivity index (χ0) is 12.3. The summed E-state index contributed by atoms with van der Waals surface area (Å²) < 4.78 is 0.747. The average Bonchev–Trinajstić information content (AvgIpc) is 2.23. The Morgan fingerprint density at radius 3 is 2.62 bits per heavy atom. The summed E-state index contributed by atoms with van der Waals surface area (Å²) >= 11 is 3.29. The highest BCUT2D eigenvalue weighted by Gasteiger charge is 2.23. The van der Waals surface area contributed by atoms with Crippen LogP contribution in [0.2, 0.25) is 0 Å². The lowest BCUT2D eigenvalue weighted by Gasteiger charge is -2.15. The van der Waals surface area contributed by atoms with Crippen molar-refractivity contribution in [1.29, 1.82) is 0 Å². The van der Waals surface area contributed by atoms with E-state index < -0.39 is 11.9 Å². The first-order valence-corrected chi connectivity index (χ1v) is 5.74. The molecular formula is C11H14BrNO3. The first-order valence-electron chi connectivity index (χ1n) is 4.95. The van der Waals surface area contributed by atoms with Gasteiger partial charge in [0.2, 0.25) is 0 Å². The van der Waals surface area contributed by atoms with Gasteiger partial charge in [0.05, 0.1) is 5.92 Å². The fraction of sp³-hybridized carbons (Fsp3) is 0.364. The molecule has 0 heterocycles. The lowest BCUT2D eigenvalue weighted by atomic mass is 9.95. The molecule has 0 aliphatic carbocycles. The lowest BCUT2D eigenvalue weighted by molar-refractivity contribution is -0.138. The van der Waals surface area contributed by atoms with Gasteiger partial charge in [-0.15, -0.1) is 0 Å². The Bertz CT molecular complexity index is 406. The summed E-state index contributed by atoms with van der Waals surface area (Å²) in [6.45, 7) is 1.85. The number of carbonyl (C=O) groups is 1. The molecule has 1 aromatic carbocycles. The third-order valence-electron chi connectivity index (χ3n) is 2.47. The minimum atomic E-state index is -1.03. The molecule has 0 saturated carbocycles. The maximum Gasteiger partial charge on any atom is 0.312 e. The fourth-order valence-electron chi connectivity index (χ4n) is 1.57. The largest absolute Gasteiger partial charge is 0.507 e. The van der Waals surface area contributed by atoms with Gasteiger partial charge in [-0.3, -0.25) is 4.79 Å². The summed E-state index contributed by atoms with van der Waals surface area (Å²) in [7, 11) is 0. The number of phenolic OH excluding ortho intramolecular Hbond substituents is 1. The monoisotopic (exact) mass is 287 g/mol. The summed E-state index contributed by atoms with van der Waals surface area (Å²) in [6, 6.07) is 3.37. The molecule has 0 aliphatic heterocycles. The van der Waals surface area contributed by atoms with Crippen LogP contribution in [0.25, 0.3) is 0 Å². The van der Waals surface area contributed by atoms with Gasteiger partial charge in [-0.1, -0.05) is 22.9 Å². The molecule has 1 rings (SSSR count). The standard InChI is InChI=1S/C11H14BrNO3/c1-2-6-3-7(12)4-8(10(6)14)9(5-13)11(15)16/h3-4,9,14H,2,5,13H2,1H3,(H,15,16). The Labute approximate surface area is 102 Å². The van der Waals surface area contributed by atoms with E-state index in [-0.39, 0.29) is 12.3 Å². The van der Waals surface area contributed by atoms with Crippen molar-refractivity contribution in [2.75, 3.05) is 6.54 Å². The first-order chi connectivity index (χ1) is 7.51. The van der Waals surface area contributed by atoms with Gasteiger partial charge in [-0.25, -0.2) is 0 Å². The van der Waals surface area contributed by atoms with Crippen LogP contribution < -0.4 is 5.73 Å².